The molecule has 0 spiro atoms. The number of hydrogen-bond donors (Lipinski definition) is 1. The first-order valence-corrected chi connectivity index (χ1v) is 10.7. The van der Waals surface area contributed by atoms with Gasteiger partial charge in [0.2, 0.25) is 0 Å². The highest BCUT2D eigenvalue weighted by molar-refractivity contribution is 7.87. The average molecular weight is 456 g/mol. The van der Waals surface area contributed by atoms with Gasteiger partial charge in [-0.2, -0.15) is 25.9 Å². The summed E-state index contributed by atoms with van der Waals surface area (Å²) in [4.78, 5) is 12.4. The molecule has 2 aromatic rings. The lowest BCUT2D eigenvalue weighted by Gasteiger charge is -2.19. The first-order valence-electron chi connectivity index (χ1n) is 9.27. The van der Waals surface area contributed by atoms with Crippen molar-refractivity contribution >= 4 is 16.2 Å². The molecule has 0 radical (unpaired) electrons. The molecular formula is C21H23F3N2O4S. The normalized spacial score (nSPS) is 13.7. The van der Waals surface area contributed by atoms with Crippen LogP contribution in [0.5, 0.6) is 0 Å². The first kappa shape index (κ1) is 24.4. The van der Waals surface area contributed by atoms with Gasteiger partial charge in [-0.25, -0.2) is 4.79 Å². The highest BCUT2D eigenvalue weighted by Gasteiger charge is 2.30. The van der Waals surface area contributed by atoms with E-state index < -0.39 is 33.8 Å². The Balaban J connectivity index is 2.60. The van der Waals surface area contributed by atoms with Gasteiger partial charge in [-0.05, 0) is 36.3 Å². The molecule has 1 atom stereocenters. The number of allylic oxidation sites excluding steroid dienone is 1. The van der Waals surface area contributed by atoms with Gasteiger partial charge >= 0.3 is 22.4 Å². The SMILES string of the molecule is CCOC(=O)/C(=C/[C@@H](c1ccccc1)c1ccc(C(F)(F)F)cc1)NS(=O)(=O)N(C)C. The zero-order valence-corrected chi connectivity index (χ0v) is 18.0. The number of carbonyl (C=O) groups is 1. The molecule has 0 unspecified atom stereocenters. The van der Waals surface area contributed by atoms with Crippen molar-refractivity contribution in [1.29, 1.82) is 0 Å². The molecule has 0 aliphatic rings. The number of nitrogens with one attached hydrogen (secondary N) is 1. The van der Waals surface area contributed by atoms with Crippen molar-refractivity contribution < 1.29 is 31.1 Å². The standard InChI is InChI=1S/C21H23F3N2O4S/c1-4-30-20(27)19(25-31(28,29)26(2)3)14-18(15-8-6-5-7-9-15)16-10-12-17(13-11-16)21(22,23)24/h5-14,18,25H,4H2,1-3H3/b19-14-/t18-/m0/s1. The Bertz CT molecular complexity index is 1020. The number of esters is 1. The highest BCUT2D eigenvalue weighted by atomic mass is 32.2. The quantitative estimate of drug-likeness (QED) is 0.486. The van der Waals surface area contributed by atoms with Crippen LogP contribution < -0.4 is 4.72 Å². The second-order valence-corrected chi connectivity index (χ2v) is 8.58. The van der Waals surface area contributed by atoms with Crippen molar-refractivity contribution in [3.8, 4) is 0 Å². The van der Waals surface area contributed by atoms with Crippen LogP contribution in [0.1, 0.15) is 29.5 Å². The highest BCUT2D eigenvalue weighted by Crippen LogP contribution is 2.32. The van der Waals surface area contributed by atoms with Crippen molar-refractivity contribution in [2.45, 2.75) is 19.0 Å². The third-order valence-electron chi connectivity index (χ3n) is 4.30. The molecule has 6 nitrogen and oxygen atoms in total. The zero-order valence-electron chi connectivity index (χ0n) is 17.2. The van der Waals surface area contributed by atoms with Crippen LogP contribution in [0.15, 0.2) is 66.4 Å². The molecule has 0 heterocycles. The second-order valence-electron chi connectivity index (χ2n) is 6.70. The minimum atomic E-state index is -4.49. The summed E-state index contributed by atoms with van der Waals surface area (Å²) in [5.74, 6) is -1.62. The first-order chi connectivity index (χ1) is 14.5. The van der Waals surface area contributed by atoms with E-state index in [0.29, 0.717) is 11.1 Å². The fraction of sp³-hybridized carbons (Fsp3) is 0.286. The largest absolute Gasteiger partial charge is 0.461 e. The van der Waals surface area contributed by atoms with Crippen molar-refractivity contribution in [1.82, 2.24) is 9.03 Å². The van der Waals surface area contributed by atoms with E-state index in [2.05, 4.69) is 4.72 Å². The summed E-state index contributed by atoms with van der Waals surface area (Å²) < 4.78 is 71.5. The van der Waals surface area contributed by atoms with Crippen LogP contribution in [0.3, 0.4) is 0 Å². The molecular weight excluding hydrogens is 433 g/mol. The van der Waals surface area contributed by atoms with E-state index in [1.54, 1.807) is 37.3 Å². The summed E-state index contributed by atoms with van der Waals surface area (Å²) in [5, 5.41) is 0. The molecule has 0 fully saturated rings. The lowest BCUT2D eigenvalue weighted by molar-refractivity contribution is -0.139. The van der Waals surface area contributed by atoms with Gasteiger partial charge in [-0.1, -0.05) is 42.5 Å². The van der Waals surface area contributed by atoms with E-state index in [1.165, 1.54) is 32.3 Å². The molecule has 10 heteroatoms. The summed E-state index contributed by atoms with van der Waals surface area (Å²) in [7, 11) is -1.46. The van der Waals surface area contributed by atoms with Crippen LogP contribution in [-0.4, -0.2) is 39.4 Å². The average Bonchev–Trinajstić information content (AvgIpc) is 2.71. The fourth-order valence-electron chi connectivity index (χ4n) is 2.67. The molecule has 0 aromatic heterocycles. The number of ether oxygens (including phenoxy) is 1. The number of alkyl halides is 3. The Hall–Kier alpha value is -2.85. The van der Waals surface area contributed by atoms with E-state index in [9.17, 15) is 26.4 Å². The predicted molar refractivity (Wildman–Crippen MR) is 110 cm³/mol. The van der Waals surface area contributed by atoms with Crippen molar-refractivity contribution in [3.05, 3.63) is 83.1 Å². The van der Waals surface area contributed by atoms with Crippen molar-refractivity contribution in [3.63, 3.8) is 0 Å². The number of hydrogen-bond acceptors (Lipinski definition) is 4. The van der Waals surface area contributed by atoms with E-state index in [-0.39, 0.29) is 12.3 Å². The van der Waals surface area contributed by atoms with E-state index in [0.717, 1.165) is 16.4 Å². The molecule has 31 heavy (non-hydrogen) atoms. The van der Waals surface area contributed by atoms with Gasteiger partial charge in [0.15, 0.2) is 0 Å². The smallest absolute Gasteiger partial charge is 0.416 e. The van der Waals surface area contributed by atoms with Crippen molar-refractivity contribution in [2.24, 2.45) is 0 Å². The fourth-order valence-corrected chi connectivity index (χ4v) is 3.29. The Labute approximate surface area is 179 Å². The van der Waals surface area contributed by atoms with E-state index in [1.807, 2.05) is 0 Å². The van der Waals surface area contributed by atoms with Gasteiger partial charge in [0.05, 0.1) is 12.2 Å². The Morgan fingerprint density at radius 2 is 1.61 bits per heavy atom. The van der Waals surface area contributed by atoms with Gasteiger partial charge in [-0.3, -0.25) is 4.72 Å². The lowest BCUT2D eigenvalue weighted by atomic mass is 9.90. The maximum Gasteiger partial charge on any atom is 0.416 e. The summed E-state index contributed by atoms with van der Waals surface area (Å²) in [5.41, 5.74) is -0.0755. The molecule has 2 rings (SSSR count). The Morgan fingerprint density at radius 1 is 1.06 bits per heavy atom. The second kappa shape index (κ2) is 9.97. The van der Waals surface area contributed by atoms with Crippen LogP contribution in [0.25, 0.3) is 0 Å². The minimum absolute atomic E-state index is 0.0101. The van der Waals surface area contributed by atoms with Crippen molar-refractivity contribution in [2.75, 3.05) is 20.7 Å². The Kier molecular flexibility index (Phi) is 7.85. The molecule has 2 aromatic carbocycles. The molecule has 0 saturated heterocycles. The topological polar surface area (TPSA) is 75.7 Å². The monoisotopic (exact) mass is 456 g/mol. The maximum atomic E-state index is 13.0. The molecule has 0 aliphatic heterocycles. The van der Waals surface area contributed by atoms with Crippen LogP contribution >= 0.6 is 0 Å². The third kappa shape index (κ3) is 6.56. The molecule has 0 bridgehead atoms. The summed E-state index contributed by atoms with van der Waals surface area (Å²) >= 11 is 0. The zero-order chi connectivity index (χ0) is 23.2. The van der Waals surface area contributed by atoms with Gasteiger partial charge in [0.1, 0.15) is 5.70 Å². The predicted octanol–water partition coefficient (Wildman–Crippen LogP) is 3.68. The molecule has 168 valence electrons. The Morgan fingerprint density at radius 3 is 2.10 bits per heavy atom. The summed E-state index contributed by atoms with van der Waals surface area (Å²) in [6.45, 7) is 1.58. The third-order valence-corrected chi connectivity index (χ3v) is 5.74. The van der Waals surface area contributed by atoms with Crippen LogP contribution in [0.2, 0.25) is 0 Å². The minimum Gasteiger partial charge on any atom is -0.461 e. The summed E-state index contributed by atoms with van der Waals surface area (Å²) in [6.07, 6.45) is -3.16. The van der Waals surface area contributed by atoms with Crippen LogP contribution in [-0.2, 0) is 25.9 Å². The van der Waals surface area contributed by atoms with Gasteiger partial charge in [0, 0.05) is 20.0 Å². The van der Waals surface area contributed by atoms with E-state index in [4.69, 9.17) is 4.74 Å². The number of nitrogens with zero attached hydrogens (tertiary/aromatic N) is 1. The molecule has 0 amide bonds. The molecule has 1 N–H and O–H groups in total. The van der Waals surface area contributed by atoms with Gasteiger partial charge in [0.25, 0.3) is 0 Å². The van der Waals surface area contributed by atoms with Crippen LogP contribution in [0.4, 0.5) is 13.2 Å². The van der Waals surface area contributed by atoms with Gasteiger partial charge in [-0.15, -0.1) is 0 Å². The number of carbonyl (C=O) groups excluding carboxylic acids is 1. The molecule has 0 aliphatic carbocycles. The maximum absolute atomic E-state index is 13.0. The number of rotatable bonds is 8. The number of halogens is 3. The van der Waals surface area contributed by atoms with E-state index >= 15 is 0 Å². The number of benzene rings is 2. The lowest BCUT2D eigenvalue weighted by Crippen LogP contribution is -2.37. The van der Waals surface area contributed by atoms with Gasteiger partial charge < -0.3 is 4.74 Å². The summed E-state index contributed by atoms with van der Waals surface area (Å²) in [6, 6.07) is 13.1. The van der Waals surface area contributed by atoms with Crippen LogP contribution in [0, 0.1) is 0 Å². The molecule has 0 saturated carbocycles.